The first-order valence-electron chi connectivity index (χ1n) is 5.19. The third-order valence-electron chi connectivity index (χ3n) is 2.48. The van der Waals surface area contributed by atoms with Gasteiger partial charge < -0.3 is 19.8 Å². The Morgan fingerprint density at radius 2 is 1.88 bits per heavy atom. The summed E-state index contributed by atoms with van der Waals surface area (Å²) in [6.07, 6.45) is -2.89. The molecule has 0 fully saturated rings. The third kappa shape index (κ3) is 2.95. The van der Waals surface area contributed by atoms with Gasteiger partial charge in [0.2, 0.25) is 0 Å². The van der Waals surface area contributed by atoms with Crippen LogP contribution in [-0.4, -0.2) is 43.5 Å². The van der Waals surface area contributed by atoms with Crippen LogP contribution in [0.2, 0.25) is 0 Å². The minimum Gasteiger partial charge on any atom is -0.467 e. The molecule has 2 N–H and O–H groups in total. The molecule has 0 radical (unpaired) electrons. The van der Waals surface area contributed by atoms with Gasteiger partial charge in [0.1, 0.15) is 6.10 Å². The van der Waals surface area contributed by atoms with Crippen molar-refractivity contribution in [1.82, 2.24) is 0 Å². The lowest BCUT2D eigenvalue weighted by molar-refractivity contribution is -0.156. The zero-order valence-corrected chi connectivity index (χ0v) is 10.1. The molecule has 0 aliphatic carbocycles. The normalized spacial score (nSPS) is 13.9. The topological polar surface area (TPSA) is 70.0 Å². The van der Waals surface area contributed by atoms with Gasteiger partial charge in [-0.1, -0.05) is 18.2 Å². The van der Waals surface area contributed by atoms with Gasteiger partial charge in [-0.05, 0) is 6.07 Å². The summed E-state index contributed by atoms with van der Waals surface area (Å²) < 4.78 is 4.39. The van der Waals surface area contributed by atoms with Crippen LogP contribution in [0.1, 0.15) is 11.7 Å². The van der Waals surface area contributed by atoms with E-state index in [9.17, 15) is 15.0 Å². The third-order valence-corrected chi connectivity index (χ3v) is 2.48. The van der Waals surface area contributed by atoms with Crippen molar-refractivity contribution in [1.29, 1.82) is 0 Å². The van der Waals surface area contributed by atoms with Crippen LogP contribution in [0.15, 0.2) is 24.3 Å². The van der Waals surface area contributed by atoms with Gasteiger partial charge in [-0.15, -0.1) is 0 Å². The molecule has 2 atom stereocenters. The molecule has 94 valence electrons. The minimum atomic E-state index is -1.58. The summed E-state index contributed by atoms with van der Waals surface area (Å²) in [6, 6.07) is 7.00. The lowest BCUT2D eigenvalue weighted by Crippen LogP contribution is -2.30. The van der Waals surface area contributed by atoms with Crippen LogP contribution < -0.4 is 4.90 Å². The SMILES string of the molecule is COC(=O)C(O)C(O)c1ccccc1N(C)C. The summed E-state index contributed by atoms with van der Waals surface area (Å²) >= 11 is 0. The second-order valence-electron chi connectivity index (χ2n) is 3.87. The largest absolute Gasteiger partial charge is 0.467 e. The second kappa shape index (κ2) is 5.65. The van der Waals surface area contributed by atoms with E-state index in [1.807, 2.05) is 20.2 Å². The molecule has 0 spiro atoms. The number of methoxy groups -OCH3 is 1. The maximum Gasteiger partial charge on any atom is 0.337 e. The Labute approximate surface area is 100 Å². The van der Waals surface area contributed by atoms with E-state index in [0.717, 1.165) is 12.8 Å². The number of carbonyl (C=O) groups is 1. The fourth-order valence-electron chi connectivity index (χ4n) is 1.56. The van der Waals surface area contributed by atoms with Gasteiger partial charge in [0.05, 0.1) is 7.11 Å². The number of para-hydroxylation sites is 1. The molecule has 0 aliphatic rings. The lowest BCUT2D eigenvalue weighted by atomic mass is 10.0. The summed E-state index contributed by atoms with van der Waals surface area (Å²) in [5.74, 6) is -0.856. The first kappa shape index (κ1) is 13.5. The van der Waals surface area contributed by atoms with E-state index >= 15 is 0 Å². The zero-order chi connectivity index (χ0) is 13.0. The molecule has 0 saturated heterocycles. The van der Waals surface area contributed by atoms with Gasteiger partial charge in [0.25, 0.3) is 0 Å². The Morgan fingerprint density at radius 3 is 2.41 bits per heavy atom. The van der Waals surface area contributed by atoms with Gasteiger partial charge in [0.15, 0.2) is 6.10 Å². The number of benzene rings is 1. The van der Waals surface area contributed by atoms with Crippen molar-refractivity contribution in [2.45, 2.75) is 12.2 Å². The van der Waals surface area contributed by atoms with E-state index < -0.39 is 18.2 Å². The van der Waals surface area contributed by atoms with E-state index in [2.05, 4.69) is 4.74 Å². The van der Waals surface area contributed by atoms with Crippen LogP contribution in [-0.2, 0) is 9.53 Å². The van der Waals surface area contributed by atoms with E-state index in [1.54, 1.807) is 23.1 Å². The number of nitrogens with zero attached hydrogens (tertiary/aromatic N) is 1. The highest BCUT2D eigenvalue weighted by atomic mass is 16.5. The maximum atomic E-state index is 11.2. The number of anilines is 1. The molecule has 0 aromatic heterocycles. The highest BCUT2D eigenvalue weighted by molar-refractivity contribution is 5.75. The zero-order valence-electron chi connectivity index (χ0n) is 10.1. The summed E-state index contributed by atoms with van der Waals surface area (Å²) in [5.41, 5.74) is 1.22. The average molecular weight is 239 g/mol. The number of ether oxygens (including phenoxy) is 1. The summed E-state index contributed by atoms with van der Waals surface area (Å²) in [4.78, 5) is 13.0. The summed E-state index contributed by atoms with van der Waals surface area (Å²) in [7, 11) is 4.79. The molecular weight excluding hydrogens is 222 g/mol. The molecule has 0 bridgehead atoms. The van der Waals surface area contributed by atoms with Crippen LogP contribution in [0.25, 0.3) is 0 Å². The average Bonchev–Trinajstić information content (AvgIpc) is 2.35. The Balaban J connectivity index is 3.03. The van der Waals surface area contributed by atoms with Crippen LogP contribution in [0.3, 0.4) is 0 Å². The van der Waals surface area contributed by atoms with Crippen molar-refractivity contribution in [3.8, 4) is 0 Å². The van der Waals surface area contributed by atoms with Gasteiger partial charge in [-0.2, -0.15) is 0 Å². The minimum absolute atomic E-state index is 0.482. The standard InChI is InChI=1S/C12H17NO4/c1-13(2)9-7-5-4-6-8(9)10(14)11(15)12(16)17-3/h4-7,10-11,14-15H,1-3H3. The van der Waals surface area contributed by atoms with E-state index in [-0.39, 0.29) is 0 Å². The molecule has 2 unspecified atom stereocenters. The Kier molecular flexibility index (Phi) is 4.48. The molecule has 5 heteroatoms. The van der Waals surface area contributed by atoms with Crippen molar-refractivity contribution >= 4 is 11.7 Å². The first-order valence-corrected chi connectivity index (χ1v) is 5.19. The van der Waals surface area contributed by atoms with Crippen molar-refractivity contribution in [3.63, 3.8) is 0 Å². The molecule has 1 rings (SSSR count). The maximum absolute atomic E-state index is 11.2. The van der Waals surface area contributed by atoms with Crippen LogP contribution >= 0.6 is 0 Å². The molecule has 1 aromatic carbocycles. The molecule has 0 amide bonds. The molecule has 0 aliphatic heterocycles. The smallest absolute Gasteiger partial charge is 0.337 e. The van der Waals surface area contributed by atoms with Crippen molar-refractivity contribution in [2.75, 3.05) is 26.1 Å². The van der Waals surface area contributed by atoms with Crippen molar-refractivity contribution in [3.05, 3.63) is 29.8 Å². The van der Waals surface area contributed by atoms with Crippen molar-refractivity contribution < 1.29 is 19.7 Å². The van der Waals surface area contributed by atoms with E-state index in [1.165, 1.54) is 0 Å². The van der Waals surface area contributed by atoms with Gasteiger partial charge in [-0.25, -0.2) is 4.79 Å². The molecule has 5 nitrogen and oxygen atoms in total. The Morgan fingerprint density at radius 1 is 1.29 bits per heavy atom. The number of rotatable bonds is 4. The number of carbonyl (C=O) groups excluding carboxylic acids is 1. The molecule has 0 saturated carbocycles. The van der Waals surface area contributed by atoms with E-state index in [0.29, 0.717) is 5.56 Å². The number of hydrogen-bond acceptors (Lipinski definition) is 5. The fourth-order valence-corrected chi connectivity index (χ4v) is 1.56. The van der Waals surface area contributed by atoms with Gasteiger partial charge in [0, 0.05) is 25.3 Å². The molecule has 0 heterocycles. The molecular formula is C12H17NO4. The second-order valence-corrected chi connectivity index (χ2v) is 3.87. The predicted molar refractivity (Wildman–Crippen MR) is 63.8 cm³/mol. The Bertz CT molecular complexity index is 392. The quantitative estimate of drug-likeness (QED) is 0.740. The van der Waals surface area contributed by atoms with Crippen molar-refractivity contribution in [2.24, 2.45) is 0 Å². The monoisotopic (exact) mass is 239 g/mol. The van der Waals surface area contributed by atoms with E-state index in [4.69, 9.17) is 0 Å². The Hall–Kier alpha value is -1.59. The number of aliphatic hydroxyl groups is 2. The fraction of sp³-hybridized carbons (Fsp3) is 0.417. The summed E-state index contributed by atoms with van der Waals surface area (Å²) in [6.45, 7) is 0. The molecule has 1 aromatic rings. The number of aliphatic hydroxyl groups excluding tert-OH is 2. The highest BCUT2D eigenvalue weighted by Crippen LogP contribution is 2.27. The van der Waals surface area contributed by atoms with Gasteiger partial charge >= 0.3 is 5.97 Å². The first-order chi connectivity index (χ1) is 7.99. The van der Waals surface area contributed by atoms with Crippen LogP contribution in [0.4, 0.5) is 5.69 Å². The molecule has 17 heavy (non-hydrogen) atoms. The summed E-state index contributed by atoms with van der Waals surface area (Å²) in [5, 5.41) is 19.5. The lowest BCUT2D eigenvalue weighted by Gasteiger charge is -2.22. The highest BCUT2D eigenvalue weighted by Gasteiger charge is 2.28. The number of esters is 1. The van der Waals surface area contributed by atoms with Gasteiger partial charge in [-0.3, -0.25) is 0 Å². The van der Waals surface area contributed by atoms with Crippen LogP contribution in [0.5, 0.6) is 0 Å². The predicted octanol–water partition coefficient (Wildman–Crippen LogP) is 0.320. The van der Waals surface area contributed by atoms with Crippen LogP contribution in [0, 0.1) is 0 Å². The number of hydrogen-bond donors (Lipinski definition) is 2.